The SMILES string of the molecule is O=C(CNC(=O)[C@@H]1C[C@@H]1c1ccc(F)c(F)c1)NCc1ccccc1. The molecule has 6 heteroatoms. The van der Waals surface area contributed by atoms with Gasteiger partial charge < -0.3 is 10.6 Å². The van der Waals surface area contributed by atoms with E-state index in [2.05, 4.69) is 10.6 Å². The Balaban J connectivity index is 1.42. The van der Waals surface area contributed by atoms with Gasteiger partial charge in [0.2, 0.25) is 11.8 Å². The Bertz CT molecular complexity index is 780. The molecular formula is C19H18F2N2O2. The number of amides is 2. The van der Waals surface area contributed by atoms with E-state index in [9.17, 15) is 18.4 Å². The van der Waals surface area contributed by atoms with Crippen LogP contribution in [0.25, 0.3) is 0 Å². The molecular weight excluding hydrogens is 326 g/mol. The Morgan fingerprint density at radius 3 is 2.48 bits per heavy atom. The van der Waals surface area contributed by atoms with E-state index in [1.54, 1.807) is 0 Å². The van der Waals surface area contributed by atoms with Crippen LogP contribution in [-0.2, 0) is 16.1 Å². The molecule has 0 radical (unpaired) electrons. The highest BCUT2D eigenvalue weighted by molar-refractivity contribution is 5.87. The van der Waals surface area contributed by atoms with Crippen molar-refractivity contribution in [2.45, 2.75) is 18.9 Å². The van der Waals surface area contributed by atoms with Gasteiger partial charge in [0.05, 0.1) is 6.54 Å². The van der Waals surface area contributed by atoms with Crippen LogP contribution in [-0.4, -0.2) is 18.4 Å². The summed E-state index contributed by atoms with van der Waals surface area (Å²) in [6.45, 7) is 0.295. The molecule has 0 spiro atoms. The van der Waals surface area contributed by atoms with E-state index in [1.165, 1.54) is 6.07 Å². The molecule has 2 N–H and O–H groups in total. The Morgan fingerprint density at radius 1 is 1.00 bits per heavy atom. The average Bonchev–Trinajstić information content (AvgIpc) is 3.42. The van der Waals surface area contributed by atoms with Gasteiger partial charge in [-0.05, 0) is 35.6 Å². The summed E-state index contributed by atoms with van der Waals surface area (Å²) < 4.78 is 26.2. The molecule has 0 bridgehead atoms. The van der Waals surface area contributed by atoms with E-state index >= 15 is 0 Å². The van der Waals surface area contributed by atoms with Crippen LogP contribution in [0, 0.1) is 17.6 Å². The lowest BCUT2D eigenvalue weighted by molar-refractivity contribution is -0.126. The first-order chi connectivity index (χ1) is 12.0. The monoisotopic (exact) mass is 344 g/mol. The lowest BCUT2D eigenvalue weighted by Gasteiger charge is -2.07. The topological polar surface area (TPSA) is 58.2 Å². The smallest absolute Gasteiger partial charge is 0.239 e. The predicted molar refractivity (Wildman–Crippen MR) is 88.5 cm³/mol. The average molecular weight is 344 g/mol. The van der Waals surface area contributed by atoms with Gasteiger partial charge in [0.25, 0.3) is 0 Å². The van der Waals surface area contributed by atoms with Crippen molar-refractivity contribution in [2.75, 3.05) is 6.54 Å². The van der Waals surface area contributed by atoms with Crippen molar-refractivity contribution < 1.29 is 18.4 Å². The molecule has 0 aliphatic heterocycles. The van der Waals surface area contributed by atoms with E-state index in [1.807, 2.05) is 30.3 Å². The third-order valence-electron chi connectivity index (χ3n) is 4.25. The van der Waals surface area contributed by atoms with Gasteiger partial charge in [0, 0.05) is 12.5 Å². The summed E-state index contributed by atoms with van der Waals surface area (Å²) in [6.07, 6.45) is 0.572. The maximum atomic E-state index is 13.2. The number of rotatable bonds is 6. The fourth-order valence-corrected chi connectivity index (χ4v) is 2.75. The van der Waals surface area contributed by atoms with Gasteiger partial charge in [-0.25, -0.2) is 8.78 Å². The van der Waals surface area contributed by atoms with Crippen molar-refractivity contribution in [2.24, 2.45) is 5.92 Å². The number of nitrogens with one attached hydrogen (secondary N) is 2. The molecule has 4 nitrogen and oxygen atoms in total. The summed E-state index contributed by atoms with van der Waals surface area (Å²) in [5.74, 6) is -2.76. The predicted octanol–water partition coefficient (Wildman–Crippen LogP) is 2.50. The molecule has 2 atom stereocenters. The summed E-state index contributed by atoms with van der Waals surface area (Å²) in [5, 5.41) is 5.31. The second kappa shape index (κ2) is 7.42. The zero-order valence-electron chi connectivity index (χ0n) is 13.5. The van der Waals surface area contributed by atoms with Gasteiger partial charge in [-0.2, -0.15) is 0 Å². The highest BCUT2D eigenvalue weighted by Gasteiger charge is 2.44. The fourth-order valence-electron chi connectivity index (χ4n) is 2.75. The molecule has 1 aliphatic rings. The highest BCUT2D eigenvalue weighted by atomic mass is 19.2. The second-order valence-corrected chi connectivity index (χ2v) is 6.10. The van der Waals surface area contributed by atoms with E-state index in [-0.39, 0.29) is 30.2 Å². The molecule has 25 heavy (non-hydrogen) atoms. The first kappa shape index (κ1) is 17.1. The van der Waals surface area contributed by atoms with Crippen LogP contribution in [0.2, 0.25) is 0 Å². The van der Waals surface area contributed by atoms with Crippen molar-refractivity contribution in [3.8, 4) is 0 Å². The lowest BCUT2D eigenvalue weighted by atomic mass is 10.1. The molecule has 0 aromatic heterocycles. The van der Waals surface area contributed by atoms with Crippen LogP contribution in [0.3, 0.4) is 0 Å². The first-order valence-electron chi connectivity index (χ1n) is 8.08. The van der Waals surface area contributed by atoms with Gasteiger partial charge in [-0.1, -0.05) is 36.4 Å². The summed E-state index contributed by atoms with van der Waals surface area (Å²) in [4.78, 5) is 23.8. The summed E-state index contributed by atoms with van der Waals surface area (Å²) in [7, 11) is 0. The Kier molecular flexibility index (Phi) is 5.07. The number of hydrogen-bond acceptors (Lipinski definition) is 2. The molecule has 0 unspecified atom stereocenters. The van der Waals surface area contributed by atoms with Crippen molar-refractivity contribution in [1.82, 2.24) is 10.6 Å². The standard InChI is InChI=1S/C19H18F2N2O2/c20-16-7-6-13(8-17(16)21)14-9-15(14)19(25)23-11-18(24)22-10-12-4-2-1-3-5-12/h1-8,14-15H,9-11H2,(H,22,24)(H,23,25)/t14-,15-/m1/s1. The zero-order valence-corrected chi connectivity index (χ0v) is 13.5. The van der Waals surface area contributed by atoms with Gasteiger partial charge in [-0.3, -0.25) is 9.59 Å². The number of carbonyl (C=O) groups excluding carboxylic acids is 2. The van der Waals surface area contributed by atoms with Gasteiger partial charge in [0.15, 0.2) is 11.6 Å². The van der Waals surface area contributed by atoms with Gasteiger partial charge in [-0.15, -0.1) is 0 Å². The maximum absolute atomic E-state index is 13.2. The van der Waals surface area contributed by atoms with E-state index < -0.39 is 11.6 Å². The molecule has 130 valence electrons. The Hall–Kier alpha value is -2.76. The molecule has 0 heterocycles. The Morgan fingerprint density at radius 2 is 1.76 bits per heavy atom. The van der Waals surface area contributed by atoms with Crippen LogP contribution in [0.15, 0.2) is 48.5 Å². The number of hydrogen-bond donors (Lipinski definition) is 2. The minimum Gasteiger partial charge on any atom is -0.350 e. The Labute approximate surface area is 144 Å². The third-order valence-corrected chi connectivity index (χ3v) is 4.25. The minimum absolute atomic E-state index is 0.104. The quantitative estimate of drug-likeness (QED) is 0.846. The van der Waals surface area contributed by atoms with Crippen molar-refractivity contribution >= 4 is 11.8 Å². The van der Waals surface area contributed by atoms with Gasteiger partial charge >= 0.3 is 0 Å². The van der Waals surface area contributed by atoms with Crippen LogP contribution in [0.5, 0.6) is 0 Å². The summed E-state index contributed by atoms with van der Waals surface area (Å²) in [5.41, 5.74) is 1.58. The number of benzene rings is 2. The van der Waals surface area contributed by atoms with Crippen LogP contribution < -0.4 is 10.6 Å². The lowest BCUT2D eigenvalue weighted by Crippen LogP contribution is -2.37. The van der Waals surface area contributed by atoms with Crippen molar-refractivity contribution in [3.05, 3.63) is 71.3 Å². The molecule has 0 saturated heterocycles. The van der Waals surface area contributed by atoms with Crippen molar-refractivity contribution in [3.63, 3.8) is 0 Å². The number of carbonyl (C=O) groups is 2. The zero-order chi connectivity index (χ0) is 17.8. The molecule has 2 aromatic carbocycles. The van der Waals surface area contributed by atoms with Crippen LogP contribution >= 0.6 is 0 Å². The van der Waals surface area contributed by atoms with E-state index in [0.717, 1.165) is 17.7 Å². The van der Waals surface area contributed by atoms with Gasteiger partial charge in [0.1, 0.15) is 0 Å². The highest BCUT2D eigenvalue weighted by Crippen LogP contribution is 2.47. The maximum Gasteiger partial charge on any atom is 0.239 e. The fraction of sp³-hybridized carbons (Fsp3) is 0.263. The minimum atomic E-state index is -0.913. The molecule has 1 saturated carbocycles. The van der Waals surface area contributed by atoms with Crippen LogP contribution in [0.4, 0.5) is 8.78 Å². The van der Waals surface area contributed by atoms with E-state index in [4.69, 9.17) is 0 Å². The van der Waals surface area contributed by atoms with Crippen molar-refractivity contribution in [1.29, 1.82) is 0 Å². The summed E-state index contributed by atoms with van der Waals surface area (Å²) in [6, 6.07) is 13.1. The molecule has 2 amide bonds. The second-order valence-electron chi connectivity index (χ2n) is 6.10. The molecule has 2 aromatic rings. The summed E-state index contributed by atoms with van der Waals surface area (Å²) >= 11 is 0. The largest absolute Gasteiger partial charge is 0.350 e. The number of halogens is 2. The molecule has 1 fully saturated rings. The third kappa shape index (κ3) is 4.41. The normalized spacial score (nSPS) is 18.5. The van der Waals surface area contributed by atoms with E-state index in [0.29, 0.717) is 18.5 Å². The molecule has 3 rings (SSSR count). The first-order valence-corrected chi connectivity index (χ1v) is 8.08. The molecule has 1 aliphatic carbocycles. The van der Waals surface area contributed by atoms with Crippen LogP contribution in [0.1, 0.15) is 23.5 Å².